The lowest BCUT2D eigenvalue weighted by Gasteiger charge is -2.32. The fourth-order valence-corrected chi connectivity index (χ4v) is 4.74. The molecule has 2 aliphatic rings. The topological polar surface area (TPSA) is 32.3 Å². The van der Waals surface area contributed by atoms with Crippen molar-refractivity contribution in [2.45, 2.75) is 76.9 Å². The molecule has 1 saturated carbocycles. The highest BCUT2D eigenvalue weighted by molar-refractivity contribution is 7.99. The van der Waals surface area contributed by atoms with Gasteiger partial charge in [-0.15, -0.1) is 0 Å². The van der Waals surface area contributed by atoms with Gasteiger partial charge in [-0.05, 0) is 31.4 Å². The second kappa shape index (κ2) is 6.49. The molecule has 0 radical (unpaired) electrons. The minimum atomic E-state index is 0.0351. The van der Waals surface area contributed by atoms with E-state index >= 15 is 0 Å². The van der Waals surface area contributed by atoms with E-state index in [1.165, 1.54) is 19.3 Å². The van der Waals surface area contributed by atoms with Gasteiger partial charge in [0, 0.05) is 11.3 Å². The summed E-state index contributed by atoms with van der Waals surface area (Å²) in [6.07, 6.45) is 4.99. The van der Waals surface area contributed by atoms with Gasteiger partial charge in [0.25, 0.3) is 0 Å². The van der Waals surface area contributed by atoms with E-state index in [0.717, 1.165) is 12.2 Å². The molecule has 3 nitrogen and oxygen atoms in total. The lowest BCUT2D eigenvalue weighted by atomic mass is 9.99. The van der Waals surface area contributed by atoms with Crippen LogP contribution in [0.5, 0.6) is 0 Å². The third-order valence-corrected chi connectivity index (χ3v) is 6.04. The zero-order valence-corrected chi connectivity index (χ0v) is 13.5. The van der Waals surface area contributed by atoms with Crippen molar-refractivity contribution < 1.29 is 4.79 Å². The number of hydrogen-bond acceptors (Lipinski definition) is 3. The molecule has 19 heavy (non-hydrogen) atoms. The SMILES string of the molecule is CCSC1CCCC1N1C(=O)C(C(C)CC)NC1C. The zero-order chi connectivity index (χ0) is 14.0. The molecular formula is C15H28N2OS. The summed E-state index contributed by atoms with van der Waals surface area (Å²) in [6.45, 7) is 8.71. The number of carbonyl (C=O) groups excluding carboxylic acids is 1. The van der Waals surface area contributed by atoms with Crippen LogP contribution in [0, 0.1) is 5.92 Å². The molecule has 0 aromatic rings. The van der Waals surface area contributed by atoms with E-state index in [0.29, 0.717) is 23.1 Å². The van der Waals surface area contributed by atoms with Crippen LogP contribution in [0.4, 0.5) is 0 Å². The van der Waals surface area contributed by atoms with Crippen LogP contribution < -0.4 is 5.32 Å². The quantitative estimate of drug-likeness (QED) is 0.842. The maximum absolute atomic E-state index is 12.7. The van der Waals surface area contributed by atoms with Crippen molar-refractivity contribution in [3.8, 4) is 0 Å². The second-order valence-corrected chi connectivity index (χ2v) is 7.46. The monoisotopic (exact) mass is 284 g/mol. The van der Waals surface area contributed by atoms with E-state index < -0.39 is 0 Å². The molecule has 4 heteroatoms. The maximum atomic E-state index is 12.7. The Bertz CT molecular complexity index is 323. The Hall–Kier alpha value is -0.220. The molecule has 0 aromatic carbocycles. The maximum Gasteiger partial charge on any atom is 0.241 e. The highest BCUT2D eigenvalue weighted by Gasteiger charge is 2.45. The average Bonchev–Trinajstić information content (AvgIpc) is 2.94. The summed E-state index contributed by atoms with van der Waals surface area (Å²) >= 11 is 2.03. The smallest absolute Gasteiger partial charge is 0.241 e. The number of nitrogens with zero attached hydrogens (tertiary/aromatic N) is 1. The second-order valence-electron chi connectivity index (χ2n) is 5.94. The van der Waals surface area contributed by atoms with Crippen molar-refractivity contribution in [1.82, 2.24) is 10.2 Å². The van der Waals surface area contributed by atoms with Crippen LogP contribution in [0.3, 0.4) is 0 Å². The van der Waals surface area contributed by atoms with Gasteiger partial charge in [0.05, 0.1) is 12.2 Å². The number of thioether (sulfide) groups is 1. The molecule has 1 aliphatic heterocycles. The lowest BCUT2D eigenvalue weighted by molar-refractivity contribution is -0.132. The number of hydrogen-bond donors (Lipinski definition) is 1. The molecule has 1 amide bonds. The number of amides is 1. The van der Waals surface area contributed by atoms with Crippen molar-refractivity contribution in [1.29, 1.82) is 0 Å². The summed E-state index contributed by atoms with van der Waals surface area (Å²) in [5.74, 6) is 1.92. The first-order valence-electron chi connectivity index (χ1n) is 7.79. The molecule has 1 heterocycles. The summed E-state index contributed by atoms with van der Waals surface area (Å²) in [5.41, 5.74) is 0. The third kappa shape index (κ3) is 2.94. The predicted octanol–water partition coefficient (Wildman–Crippen LogP) is 2.85. The standard InChI is InChI=1S/C15H28N2OS/c1-5-10(3)14-15(18)17(11(4)16-14)12-8-7-9-13(12)19-6-2/h10-14,16H,5-9H2,1-4H3. The highest BCUT2D eigenvalue weighted by Crippen LogP contribution is 2.36. The molecule has 0 aromatic heterocycles. The molecule has 5 atom stereocenters. The van der Waals surface area contributed by atoms with Gasteiger partial charge in [-0.3, -0.25) is 10.1 Å². The average molecular weight is 284 g/mol. The fraction of sp³-hybridized carbons (Fsp3) is 0.933. The van der Waals surface area contributed by atoms with Crippen LogP contribution in [0.15, 0.2) is 0 Å². The van der Waals surface area contributed by atoms with Crippen LogP contribution in [-0.4, -0.2) is 40.1 Å². The van der Waals surface area contributed by atoms with Gasteiger partial charge in [-0.2, -0.15) is 11.8 Å². The molecule has 1 aliphatic carbocycles. The van der Waals surface area contributed by atoms with Gasteiger partial charge >= 0.3 is 0 Å². The summed E-state index contributed by atoms with van der Waals surface area (Å²) in [6, 6.07) is 0.488. The van der Waals surface area contributed by atoms with Crippen LogP contribution >= 0.6 is 11.8 Å². The zero-order valence-electron chi connectivity index (χ0n) is 12.7. The molecule has 2 rings (SSSR count). The van der Waals surface area contributed by atoms with Crippen LogP contribution in [0.2, 0.25) is 0 Å². The third-order valence-electron chi connectivity index (χ3n) is 4.73. The Morgan fingerprint density at radius 3 is 2.79 bits per heavy atom. The molecule has 110 valence electrons. The molecular weight excluding hydrogens is 256 g/mol. The van der Waals surface area contributed by atoms with Crippen LogP contribution in [0.1, 0.15) is 53.4 Å². The van der Waals surface area contributed by atoms with E-state index in [-0.39, 0.29) is 12.2 Å². The number of rotatable bonds is 5. The van der Waals surface area contributed by atoms with E-state index in [2.05, 4.69) is 37.9 Å². The number of carbonyl (C=O) groups is 1. The molecule has 5 unspecified atom stereocenters. The van der Waals surface area contributed by atoms with Gasteiger partial charge in [0.1, 0.15) is 0 Å². The largest absolute Gasteiger partial charge is 0.322 e. The van der Waals surface area contributed by atoms with E-state index in [4.69, 9.17) is 0 Å². The van der Waals surface area contributed by atoms with Crippen LogP contribution in [-0.2, 0) is 4.79 Å². The van der Waals surface area contributed by atoms with E-state index in [1.54, 1.807) is 0 Å². The van der Waals surface area contributed by atoms with Gasteiger partial charge in [-0.25, -0.2) is 0 Å². The van der Waals surface area contributed by atoms with Gasteiger partial charge in [-0.1, -0.05) is 33.6 Å². The van der Waals surface area contributed by atoms with Crippen molar-refractivity contribution in [3.05, 3.63) is 0 Å². The van der Waals surface area contributed by atoms with Crippen LogP contribution in [0.25, 0.3) is 0 Å². The first kappa shape index (κ1) is 15.2. The van der Waals surface area contributed by atoms with Gasteiger partial charge in [0.2, 0.25) is 5.91 Å². The summed E-state index contributed by atoms with van der Waals surface area (Å²) in [5, 5.41) is 4.16. The Kier molecular flexibility index (Phi) is 5.18. The first-order valence-corrected chi connectivity index (χ1v) is 8.84. The van der Waals surface area contributed by atoms with Crippen molar-refractivity contribution in [2.75, 3.05) is 5.75 Å². The van der Waals surface area contributed by atoms with Gasteiger partial charge in [0.15, 0.2) is 0 Å². The molecule has 0 bridgehead atoms. The highest BCUT2D eigenvalue weighted by atomic mass is 32.2. The summed E-state index contributed by atoms with van der Waals surface area (Å²) < 4.78 is 0. The van der Waals surface area contributed by atoms with Crippen molar-refractivity contribution in [3.63, 3.8) is 0 Å². The Morgan fingerprint density at radius 1 is 1.42 bits per heavy atom. The van der Waals surface area contributed by atoms with Gasteiger partial charge < -0.3 is 4.90 Å². The van der Waals surface area contributed by atoms with E-state index in [1.807, 2.05) is 11.8 Å². The summed E-state index contributed by atoms with van der Waals surface area (Å²) in [4.78, 5) is 14.9. The Balaban J connectivity index is 2.09. The molecule has 1 saturated heterocycles. The van der Waals surface area contributed by atoms with Crippen molar-refractivity contribution in [2.24, 2.45) is 5.92 Å². The molecule has 1 N–H and O–H groups in total. The predicted molar refractivity (Wildman–Crippen MR) is 82.2 cm³/mol. The molecule has 2 fully saturated rings. The Morgan fingerprint density at radius 2 is 2.16 bits per heavy atom. The van der Waals surface area contributed by atoms with E-state index in [9.17, 15) is 4.79 Å². The van der Waals surface area contributed by atoms with Crippen molar-refractivity contribution >= 4 is 17.7 Å². The lowest BCUT2D eigenvalue weighted by Crippen LogP contribution is -2.46. The minimum absolute atomic E-state index is 0.0351. The first-order chi connectivity index (χ1) is 9.10. The Labute approximate surface area is 121 Å². The fourth-order valence-electron chi connectivity index (χ4n) is 3.49. The minimum Gasteiger partial charge on any atom is -0.322 e. The normalized spacial score (nSPS) is 37.1. The summed E-state index contributed by atoms with van der Waals surface area (Å²) in [7, 11) is 0. The number of nitrogens with one attached hydrogen (secondary N) is 1. The molecule has 0 spiro atoms.